The fourth-order valence-corrected chi connectivity index (χ4v) is 2.95. The first-order valence-corrected chi connectivity index (χ1v) is 8.89. The number of halogens is 2. The van der Waals surface area contributed by atoms with Gasteiger partial charge in [-0.2, -0.15) is 0 Å². The molecular weight excluding hydrogens is 357 g/mol. The predicted octanol–water partition coefficient (Wildman–Crippen LogP) is 4.08. The van der Waals surface area contributed by atoms with Gasteiger partial charge in [0.1, 0.15) is 5.82 Å². The molecule has 0 fully saturated rings. The molecule has 0 bridgehead atoms. The SMILES string of the molecule is O=c1cc(NCCNCCc2ccc(Cl)c(Cl)c2)[nH]c2ccccc12. The number of fused-ring (bicyclic) bond motifs is 1. The van der Waals surface area contributed by atoms with Gasteiger partial charge in [0.15, 0.2) is 5.43 Å². The second-order valence-electron chi connectivity index (χ2n) is 5.77. The van der Waals surface area contributed by atoms with E-state index in [2.05, 4.69) is 15.6 Å². The van der Waals surface area contributed by atoms with Gasteiger partial charge in [-0.3, -0.25) is 4.79 Å². The summed E-state index contributed by atoms with van der Waals surface area (Å²) < 4.78 is 0. The van der Waals surface area contributed by atoms with E-state index in [9.17, 15) is 4.79 Å². The average molecular weight is 376 g/mol. The minimum absolute atomic E-state index is 0.0180. The van der Waals surface area contributed by atoms with Gasteiger partial charge in [-0.1, -0.05) is 41.4 Å². The summed E-state index contributed by atoms with van der Waals surface area (Å²) in [6, 6.07) is 14.8. The van der Waals surface area contributed by atoms with Crippen molar-refractivity contribution in [3.8, 4) is 0 Å². The van der Waals surface area contributed by atoms with E-state index in [1.54, 1.807) is 6.07 Å². The van der Waals surface area contributed by atoms with Crippen LogP contribution in [0.5, 0.6) is 0 Å². The Hall–Kier alpha value is -2.01. The van der Waals surface area contributed by atoms with Gasteiger partial charge < -0.3 is 15.6 Å². The number of H-pyrrole nitrogens is 1. The van der Waals surface area contributed by atoms with Crippen LogP contribution in [0.25, 0.3) is 10.9 Å². The zero-order chi connectivity index (χ0) is 17.6. The molecule has 0 aliphatic rings. The number of aromatic amines is 1. The lowest BCUT2D eigenvalue weighted by Gasteiger charge is -2.09. The number of nitrogens with one attached hydrogen (secondary N) is 3. The average Bonchev–Trinajstić information content (AvgIpc) is 2.61. The highest BCUT2D eigenvalue weighted by atomic mass is 35.5. The molecule has 0 amide bonds. The Kier molecular flexibility index (Phi) is 5.97. The number of para-hydroxylation sites is 1. The van der Waals surface area contributed by atoms with Gasteiger partial charge in [0.25, 0.3) is 0 Å². The summed E-state index contributed by atoms with van der Waals surface area (Å²) in [6.07, 6.45) is 0.879. The van der Waals surface area contributed by atoms with Crippen LogP contribution in [0.3, 0.4) is 0 Å². The van der Waals surface area contributed by atoms with E-state index in [0.717, 1.165) is 43.0 Å². The molecule has 3 N–H and O–H groups in total. The minimum atomic E-state index is 0.0180. The summed E-state index contributed by atoms with van der Waals surface area (Å²) >= 11 is 11.9. The smallest absolute Gasteiger partial charge is 0.191 e. The number of anilines is 1. The van der Waals surface area contributed by atoms with E-state index in [-0.39, 0.29) is 5.43 Å². The zero-order valence-corrected chi connectivity index (χ0v) is 15.1. The van der Waals surface area contributed by atoms with Crippen LogP contribution in [0.1, 0.15) is 5.56 Å². The van der Waals surface area contributed by atoms with E-state index in [4.69, 9.17) is 23.2 Å². The van der Waals surface area contributed by atoms with Gasteiger partial charge in [0, 0.05) is 24.5 Å². The lowest BCUT2D eigenvalue weighted by atomic mass is 10.1. The van der Waals surface area contributed by atoms with Crippen LogP contribution in [0.4, 0.5) is 5.82 Å². The molecule has 130 valence electrons. The van der Waals surface area contributed by atoms with Gasteiger partial charge >= 0.3 is 0 Å². The topological polar surface area (TPSA) is 56.9 Å². The van der Waals surface area contributed by atoms with Gasteiger partial charge in [-0.25, -0.2) is 0 Å². The summed E-state index contributed by atoms with van der Waals surface area (Å²) in [7, 11) is 0. The van der Waals surface area contributed by atoms with Gasteiger partial charge in [0.05, 0.1) is 15.6 Å². The molecule has 6 heteroatoms. The summed E-state index contributed by atoms with van der Waals surface area (Å²) in [4.78, 5) is 15.3. The number of pyridine rings is 1. The minimum Gasteiger partial charge on any atom is -0.370 e. The van der Waals surface area contributed by atoms with E-state index < -0.39 is 0 Å². The first kappa shape index (κ1) is 17.8. The number of hydrogen-bond donors (Lipinski definition) is 3. The third-order valence-corrected chi connectivity index (χ3v) is 4.67. The van der Waals surface area contributed by atoms with E-state index in [0.29, 0.717) is 15.4 Å². The Labute approximate surface area is 156 Å². The third kappa shape index (κ3) is 4.75. The van der Waals surface area contributed by atoms with Gasteiger partial charge in [-0.05, 0) is 42.8 Å². The molecule has 0 atom stereocenters. The quantitative estimate of drug-likeness (QED) is 0.545. The summed E-state index contributed by atoms with van der Waals surface area (Å²) in [5, 5.41) is 8.46. The third-order valence-electron chi connectivity index (χ3n) is 3.93. The molecule has 2 aromatic carbocycles. The standard InChI is InChI=1S/C19H19Cl2N3O/c20-15-6-5-13(11-16(15)21)7-8-22-9-10-23-19-12-18(25)14-3-1-2-4-17(14)24-19/h1-6,11-12,22H,7-10H2,(H2,23,24,25). The van der Waals surface area contributed by atoms with Crippen LogP contribution >= 0.6 is 23.2 Å². The van der Waals surface area contributed by atoms with Crippen LogP contribution < -0.4 is 16.1 Å². The molecule has 25 heavy (non-hydrogen) atoms. The Morgan fingerprint density at radius 1 is 0.920 bits per heavy atom. The fraction of sp³-hybridized carbons (Fsp3) is 0.211. The Morgan fingerprint density at radius 2 is 1.76 bits per heavy atom. The number of benzene rings is 2. The van der Waals surface area contributed by atoms with Crippen molar-refractivity contribution >= 4 is 39.9 Å². The van der Waals surface area contributed by atoms with E-state index in [1.165, 1.54) is 0 Å². The van der Waals surface area contributed by atoms with Crippen LogP contribution in [0.15, 0.2) is 53.3 Å². The van der Waals surface area contributed by atoms with Crippen LogP contribution in [0, 0.1) is 0 Å². The summed E-state index contributed by atoms with van der Waals surface area (Å²) in [5.41, 5.74) is 2.00. The molecule has 0 aliphatic carbocycles. The molecule has 0 radical (unpaired) electrons. The van der Waals surface area contributed by atoms with Crippen molar-refractivity contribution < 1.29 is 0 Å². The highest BCUT2D eigenvalue weighted by Gasteiger charge is 2.01. The van der Waals surface area contributed by atoms with Crippen LogP contribution in [-0.2, 0) is 6.42 Å². The Bertz CT molecular complexity index is 924. The van der Waals surface area contributed by atoms with E-state index in [1.807, 2.05) is 42.5 Å². The highest BCUT2D eigenvalue weighted by Crippen LogP contribution is 2.22. The van der Waals surface area contributed by atoms with Crippen molar-refractivity contribution in [3.63, 3.8) is 0 Å². The molecule has 3 rings (SSSR count). The molecular formula is C19H19Cl2N3O. The molecule has 3 aromatic rings. The first-order valence-electron chi connectivity index (χ1n) is 8.14. The normalized spacial score (nSPS) is 11.0. The van der Waals surface area contributed by atoms with Crippen molar-refractivity contribution in [2.75, 3.05) is 25.0 Å². The highest BCUT2D eigenvalue weighted by molar-refractivity contribution is 6.42. The molecule has 0 unspecified atom stereocenters. The second-order valence-corrected chi connectivity index (χ2v) is 6.58. The maximum absolute atomic E-state index is 12.0. The molecule has 0 spiro atoms. The Morgan fingerprint density at radius 3 is 2.60 bits per heavy atom. The number of rotatable bonds is 7. The van der Waals surface area contributed by atoms with Gasteiger partial charge in [-0.15, -0.1) is 0 Å². The first-order chi connectivity index (χ1) is 12.1. The van der Waals surface area contributed by atoms with Crippen molar-refractivity contribution in [1.82, 2.24) is 10.3 Å². The van der Waals surface area contributed by atoms with Crippen molar-refractivity contribution in [2.45, 2.75) is 6.42 Å². The van der Waals surface area contributed by atoms with Crippen LogP contribution in [-0.4, -0.2) is 24.6 Å². The van der Waals surface area contributed by atoms with Crippen molar-refractivity contribution in [1.29, 1.82) is 0 Å². The second kappa shape index (κ2) is 8.39. The molecule has 1 heterocycles. The molecule has 0 saturated carbocycles. The Balaban J connectivity index is 1.44. The molecule has 0 aliphatic heterocycles. The predicted molar refractivity (Wildman–Crippen MR) is 106 cm³/mol. The molecule has 0 saturated heterocycles. The fourth-order valence-electron chi connectivity index (χ4n) is 2.63. The maximum atomic E-state index is 12.0. The maximum Gasteiger partial charge on any atom is 0.191 e. The summed E-state index contributed by atoms with van der Waals surface area (Å²) in [6.45, 7) is 2.35. The molecule has 1 aromatic heterocycles. The van der Waals surface area contributed by atoms with Gasteiger partial charge in [0.2, 0.25) is 0 Å². The van der Waals surface area contributed by atoms with Crippen LogP contribution in [0.2, 0.25) is 10.0 Å². The molecule has 4 nitrogen and oxygen atoms in total. The van der Waals surface area contributed by atoms with E-state index >= 15 is 0 Å². The number of hydrogen-bond acceptors (Lipinski definition) is 3. The number of aromatic nitrogens is 1. The summed E-state index contributed by atoms with van der Waals surface area (Å²) in [5.74, 6) is 0.731. The van der Waals surface area contributed by atoms with Crippen molar-refractivity contribution in [3.05, 3.63) is 74.4 Å². The largest absolute Gasteiger partial charge is 0.370 e. The van der Waals surface area contributed by atoms with Crippen molar-refractivity contribution in [2.24, 2.45) is 0 Å². The zero-order valence-electron chi connectivity index (χ0n) is 13.6. The monoisotopic (exact) mass is 375 g/mol. The lowest BCUT2D eigenvalue weighted by molar-refractivity contribution is 0.699. The lowest BCUT2D eigenvalue weighted by Crippen LogP contribution is -2.24.